The summed E-state index contributed by atoms with van der Waals surface area (Å²) in [7, 11) is 0. The van der Waals surface area contributed by atoms with Crippen molar-refractivity contribution < 1.29 is 9.59 Å². The lowest BCUT2D eigenvalue weighted by atomic mass is 9.91. The minimum atomic E-state index is -0.00556. The quantitative estimate of drug-likeness (QED) is 0.565. The smallest absolute Gasteiger partial charge is 0.158 e. The predicted octanol–water partition coefficient (Wildman–Crippen LogP) is 5.45. The molecule has 2 heteroatoms. The second-order valence-corrected chi connectivity index (χ2v) is 6.73. The molecule has 2 nitrogen and oxygen atoms in total. The van der Waals surface area contributed by atoms with Gasteiger partial charge in [-0.15, -0.1) is 0 Å². The first-order chi connectivity index (χ1) is 12.5. The number of carbonyl (C=O) groups excluding carboxylic acids is 2. The number of carbonyl (C=O) groups is 2. The van der Waals surface area contributed by atoms with Crippen molar-refractivity contribution in [2.45, 2.75) is 46.5 Å². The normalized spacial score (nSPS) is 12.7. The number of hydrogen-bond acceptors (Lipinski definition) is 2. The number of rotatable bonds is 9. The highest BCUT2D eigenvalue weighted by molar-refractivity contribution is 5.99. The molecule has 0 fully saturated rings. The maximum absolute atomic E-state index is 12.5. The van der Waals surface area contributed by atoms with Crippen molar-refractivity contribution in [1.29, 1.82) is 0 Å². The van der Waals surface area contributed by atoms with Crippen LogP contribution in [0.5, 0.6) is 0 Å². The Morgan fingerprint density at radius 2 is 1.58 bits per heavy atom. The summed E-state index contributed by atoms with van der Waals surface area (Å²) in [6.07, 6.45) is 4.40. The van der Waals surface area contributed by atoms with E-state index in [1.54, 1.807) is 0 Å². The topological polar surface area (TPSA) is 34.1 Å². The van der Waals surface area contributed by atoms with Crippen molar-refractivity contribution >= 4 is 17.6 Å². The van der Waals surface area contributed by atoms with Crippen LogP contribution in [-0.2, 0) is 22.4 Å². The minimum absolute atomic E-state index is 0.00556. The van der Waals surface area contributed by atoms with Crippen LogP contribution >= 0.6 is 0 Å². The van der Waals surface area contributed by atoms with Crippen molar-refractivity contribution in [3.8, 4) is 0 Å². The van der Waals surface area contributed by atoms with Gasteiger partial charge in [0, 0.05) is 30.8 Å². The summed E-state index contributed by atoms with van der Waals surface area (Å²) in [6, 6.07) is 18.1. The van der Waals surface area contributed by atoms with E-state index < -0.39 is 0 Å². The summed E-state index contributed by atoms with van der Waals surface area (Å²) < 4.78 is 0. The van der Waals surface area contributed by atoms with Crippen LogP contribution in [0.2, 0.25) is 0 Å². The van der Waals surface area contributed by atoms with Crippen LogP contribution in [0, 0.1) is 5.92 Å². The van der Waals surface area contributed by atoms with Gasteiger partial charge in [0.2, 0.25) is 0 Å². The Kier molecular flexibility index (Phi) is 7.53. The SMILES string of the molecule is CCC(=O)/C(=C\c1ccccc1CC(C)C(=O)CC)Cc1ccccc1. The van der Waals surface area contributed by atoms with Crippen molar-refractivity contribution in [3.05, 3.63) is 76.9 Å². The summed E-state index contributed by atoms with van der Waals surface area (Å²) in [5.74, 6) is 0.438. The second kappa shape index (κ2) is 9.86. The molecule has 0 spiro atoms. The molecule has 1 atom stereocenters. The first kappa shape index (κ1) is 19.8. The number of allylic oxidation sites excluding steroid dienone is 1. The van der Waals surface area contributed by atoms with E-state index in [1.807, 2.05) is 75.4 Å². The van der Waals surface area contributed by atoms with Gasteiger partial charge in [0.25, 0.3) is 0 Å². The molecule has 0 bridgehead atoms. The van der Waals surface area contributed by atoms with Gasteiger partial charge in [0.05, 0.1) is 0 Å². The van der Waals surface area contributed by atoms with Gasteiger partial charge in [0.1, 0.15) is 5.78 Å². The molecule has 0 aliphatic heterocycles. The third kappa shape index (κ3) is 5.52. The fourth-order valence-electron chi connectivity index (χ4n) is 3.11. The van der Waals surface area contributed by atoms with Gasteiger partial charge in [-0.2, -0.15) is 0 Å². The van der Waals surface area contributed by atoms with Crippen LogP contribution in [-0.4, -0.2) is 11.6 Å². The largest absolute Gasteiger partial charge is 0.299 e. The third-order valence-electron chi connectivity index (χ3n) is 4.73. The molecule has 0 amide bonds. The molecule has 0 N–H and O–H groups in total. The van der Waals surface area contributed by atoms with E-state index in [0.717, 1.165) is 22.3 Å². The summed E-state index contributed by atoms with van der Waals surface area (Å²) in [4.78, 5) is 24.5. The second-order valence-electron chi connectivity index (χ2n) is 6.73. The molecule has 2 aromatic rings. The van der Waals surface area contributed by atoms with E-state index in [9.17, 15) is 9.59 Å². The first-order valence-corrected chi connectivity index (χ1v) is 9.43. The molecule has 0 saturated heterocycles. The maximum atomic E-state index is 12.5. The summed E-state index contributed by atoms with van der Waals surface area (Å²) >= 11 is 0. The zero-order valence-corrected chi connectivity index (χ0v) is 16.0. The van der Waals surface area contributed by atoms with Crippen LogP contribution < -0.4 is 0 Å². The average molecular weight is 348 g/mol. The molecular formula is C24H28O2. The van der Waals surface area contributed by atoms with Crippen molar-refractivity contribution in [2.24, 2.45) is 5.92 Å². The standard InChI is InChI=1S/C24H28O2/c1-4-23(25)18(3)15-20-13-9-10-14-21(20)17-22(24(26)5-2)16-19-11-7-6-8-12-19/h6-14,17-18H,4-5,15-16H2,1-3H3/b22-17-. The fourth-order valence-corrected chi connectivity index (χ4v) is 3.11. The van der Waals surface area contributed by atoms with E-state index >= 15 is 0 Å². The summed E-state index contributed by atoms with van der Waals surface area (Å²) in [6.45, 7) is 5.78. The van der Waals surface area contributed by atoms with Gasteiger partial charge in [-0.1, -0.05) is 75.4 Å². The zero-order chi connectivity index (χ0) is 18.9. The molecule has 0 aliphatic rings. The van der Waals surface area contributed by atoms with Gasteiger partial charge in [0.15, 0.2) is 5.78 Å². The highest BCUT2D eigenvalue weighted by Gasteiger charge is 2.14. The van der Waals surface area contributed by atoms with Gasteiger partial charge < -0.3 is 0 Å². The molecule has 0 aromatic heterocycles. The number of Topliss-reactive ketones (excluding diaryl/α,β-unsaturated/α-hetero) is 2. The average Bonchev–Trinajstić information content (AvgIpc) is 2.68. The Labute approximate surface area is 157 Å². The Morgan fingerprint density at radius 3 is 2.23 bits per heavy atom. The predicted molar refractivity (Wildman–Crippen MR) is 108 cm³/mol. The molecule has 0 aliphatic carbocycles. The van der Waals surface area contributed by atoms with Crippen LogP contribution in [0.4, 0.5) is 0 Å². The Hall–Kier alpha value is -2.48. The summed E-state index contributed by atoms with van der Waals surface area (Å²) in [5, 5.41) is 0. The minimum Gasteiger partial charge on any atom is -0.299 e. The lowest BCUT2D eigenvalue weighted by Crippen LogP contribution is -2.13. The van der Waals surface area contributed by atoms with Crippen LogP contribution in [0.15, 0.2) is 60.2 Å². The molecule has 136 valence electrons. The Balaban J connectivity index is 2.34. The first-order valence-electron chi connectivity index (χ1n) is 9.43. The molecule has 2 rings (SSSR count). The Morgan fingerprint density at radius 1 is 0.923 bits per heavy atom. The van der Waals surface area contributed by atoms with Gasteiger partial charge >= 0.3 is 0 Å². The van der Waals surface area contributed by atoms with Gasteiger partial charge in [-0.05, 0) is 29.2 Å². The summed E-state index contributed by atoms with van der Waals surface area (Å²) in [5.41, 5.74) is 4.11. The lowest BCUT2D eigenvalue weighted by Gasteiger charge is -2.13. The fraction of sp³-hybridized carbons (Fsp3) is 0.333. The number of hydrogen-bond donors (Lipinski definition) is 0. The van der Waals surface area contributed by atoms with Crippen LogP contribution in [0.1, 0.15) is 50.3 Å². The number of ketones is 2. The monoisotopic (exact) mass is 348 g/mol. The third-order valence-corrected chi connectivity index (χ3v) is 4.73. The molecular weight excluding hydrogens is 320 g/mol. The van der Waals surface area contributed by atoms with E-state index in [-0.39, 0.29) is 17.5 Å². The van der Waals surface area contributed by atoms with Crippen LogP contribution in [0.25, 0.3) is 6.08 Å². The molecule has 26 heavy (non-hydrogen) atoms. The maximum Gasteiger partial charge on any atom is 0.158 e. The Bertz CT molecular complexity index is 772. The van der Waals surface area contributed by atoms with E-state index in [2.05, 4.69) is 6.07 Å². The molecule has 0 saturated carbocycles. The zero-order valence-electron chi connectivity index (χ0n) is 16.0. The van der Waals surface area contributed by atoms with Crippen molar-refractivity contribution in [1.82, 2.24) is 0 Å². The molecule has 0 radical (unpaired) electrons. The van der Waals surface area contributed by atoms with E-state index in [1.165, 1.54) is 0 Å². The molecule has 2 aromatic carbocycles. The van der Waals surface area contributed by atoms with Crippen LogP contribution in [0.3, 0.4) is 0 Å². The van der Waals surface area contributed by atoms with E-state index in [4.69, 9.17) is 0 Å². The highest BCUT2D eigenvalue weighted by atomic mass is 16.1. The lowest BCUT2D eigenvalue weighted by molar-refractivity contribution is -0.122. The number of benzene rings is 2. The molecule has 0 heterocycles. The van der Waals surface area contributed by atoms with Crippen molar-refractivity contribution in [3.63, 3.8) is 0 Å². The molecule has 1 unspecified atom stereocenters. The highest BCUT2D eigenvalue weighted by Crippen LogP contribution is 2.21. The van der Waals surface area contributed by atoms with Gasteiger partial charge in [-0.3, -0.25) is 9.59 Å². The van der Waals surface area contributed by atoms with Gasteiger partial charge in [-0.25, -0.2) is 0 Å². The van der Waals surface area contributed by atoms with E-state index in [0.29, 0.717) is 25.7 Å². The van der Waals surface area contributed by atoms with Crippen molar-refractivity contribution in [2.75, 3.05) is 0 Å².